The molecule has 3 N–H and O–H groups in total. The van der Waals surface area contributed by atoms with Crippen LogP contribution in [-0.4, -0.2) is 19.3 Å². The van der Waals surface area contributed by atoms with Crippen LogP contribution in [0.3, 0.4) is 0 Å². The molecule has 1 amide bonds. The smallest absolute Gasteiger partial charge is 0.404 e. The van der Waals surface area contributed by atoms with E-state index in [9.17, 15) is 4.79 Å². The average Bonchev–Trinajstić information content (AvgIpc) is 2.58. The van der Waals surface area contributed by atoms with Crippen LogP contribution in [0.2, 0.25) is 0 Å². The fourth-order valence-electron chi connectivity index (χ4n) is 2.04. The molecule has 0 aliphatic heterocycles. The third-order valence-corrected chi connectivity index (χ3v) is 3.25. The highest BCUT2D eigenvalue weighted by molar-refractivity contribution is 5.64. The van der Waals surface area contributed by atoms with E-state index in [0.29, 0.717) is 13.2 Å². The van der Waals surface area contributed by atoms with E-state index in [-0.39, 0.29) is 0 Å². The molecular weight excluding hydrogens is 292 g/mol. The Bertz CT molecular complexity index is 585. The molecule has 0 aromatic heterocycles. The zero-order valence-corrected chi connectivity index (χ0v) is 13.0. The van der Waals surface area contributed by atoms with Gasteiger partial charge in [0.05, 0.1) is 13.2 Å². The van der Waals surface area contributed by atoms with Crippen LogP contribution < -0.4 is 15.8 Å². The van der Waals surface area contributed by atoms with Crippen molar-refractivity contribution >= 4 is 11.8 Å². The van der Waals surface area contributed by atoms with Crippen molar-refractivity contribution in [1.29, 1.82) is 0 Å². The number of anilines is 1. The van der Waals surface area contributed by atoms with Gasteiger partial charge in [-0.05, 0) is 42.7 Å². The van der Waals surface area contributed by atoms with Crippen molar-refractivity contribution in [2.24, 2.45) is 5.73 Å². The van der Waals surface area contributed by atoms with Gasteiger partial charge in [-0.1, -0.05) is 30.3 Å². The van der Waals surface area contributed by atoms with E-state index in [1.165, 1.54) is 5.56 Å². The minimum Gasteiger partial charge on any atom is -0.494 e. The fraction of sp³-hybridized carbons (Fsp3) is 0.278. The first-order valence-electron chi connectivity index (χ1n) is 7.67. The van der Waals surface area contributed by atoms with Gasteiger partial charge < -0.3 is 20.5 Å². The zero-order valence-electron chi connectivity index (χ0n) is 13.0. The van der Waals surface area contributed by atoms with Crippen molar-refractivity contribution in [1.82, 2.24) is 0 Å². The van der Waals surface area contributed by atoms with Crippen LogP contribution in [0.15, 0.2) is 54.6 Å². The summed E-state index contributed by atoms with van der Waals surface area (Å²) in [5.41, 5.74) is 7.17. The molecule has 5 heteroatoms. The molecule has 0 atom stereocenters. The van der Waals surface area contributed by atoms with E-state index in [1.54, 1.807) is 0 Å². The maximum atomic E-state index is 10.4. The normalized spacial score (nSPS) is 10.1. The van der Waals surface area contributed by atoms with Crippen molar-refractivity contribution in [2.75, 3.05) is 18.5 Å². The lowest BCUT2D eigenvalue weighted by Crippen LogP contribution is -2.14. The van der Waals surface area contributed by atoms with Crippen molar-refractivity contribution in [3.8, 4) is 5.75 Å². The largest absolute Gasteiger partial charge is 0.494 e. The van der Waals surface area contributed by atoms with Crippen LogP contribution in [0.4, 0.5) is 10.5 Å². The van der Waals surface area contributed by atoms with Crippen LogP contribution in [0.25, 0.3) is 0 Å². The molecule has 0 aliphatic rings. The molecule has 122 valence electrons. The number of benzene rings is 2. The second kappa shape index (κ2) is 9.35. The third-order valence-electron chi connectivity index (χ3n) is 3.25. The first-order valence-corrected chi connectivity index (χ1v) is 7.67. The summed E-state index contributed by atoms with van der Waals surface area (Å²) < 4.78 is 10.3. The molecule has 0 unspecified atom stereocenters. The number of carbonyl (C=O) groups excluding carboxylic acids is 1. The highest BCUT2D eigenvalue weighted by Crippen LogP contribution is 2.16. The molecule has 0 saturated carbocycles. The number of nitrogens with one attached hydrogen (secondary N) is 1. The lowest BCUT2D eigenvalue weighted by molar-refractivity contribution is 0.152. The Hall–Kier alpha value is -2.69. The number of amides is 1. The van der Waals surface area contributed by atoms with E-state index in [0.717, 1.165) is 30.8 Å². The van der Waals surface area contributed by atoms with Crippen LogP contribution in [-0.2, 0) is 11.3 Å². The number of hydrogen-bond acceptors (Lipinski definition) is 4. The standard InChI is InChI=1S/C18H22N2O3/c19-18(21)23-13-5-4-12-22-17-10-8-16(9-11-17)20-14-15-6-2-1-3-7-15/h1-3,6-11,20H,4-5,12-14H2,(H2,19,21). The summed E-state index contributed by atoms with van der Waals surface area (Å²) in [6.07, 6.45) is 0.811. The summed E-state index contributed by atoms with van der Waals surface area (Å²) in [5.74, 6) is 0.825. The maximum absolute atomic E-state index is 10.4. The molecule has 0 aliphatic carbocycles. The lowest BCUT2D eigenvalue weighted by atomic mass is 10.2. The van der Waals surface area contributed by atoms with Crippen LogP contribution in [0.5, 0.6) is 5.75 Å². The average molecular weight is 314 g/mol. The van der Waals surface area contributed by atoms with Gasteiger partial charge in [0.1, 0.15) is 5.75 Å². The summed E-state index contributed by atoms with van der Waals surface area (Å²) in [4.78, 5) is 10.4. The summed E-state index contributed by atoms with van der Waals surface area (Å²) in [5, 5.41) is 3.37. The molecule has 2 rings (SSSR count). The molecule has 0 spiro atoms. The van der Waals surface area contributed by atoms with E-state index in [4.69, 9.17) is 10.5 Å². The van der Waals surface area contributed by atoms with E-state index in [2.05, 4.69) is 22.2 Å². The number of carbonyl (C=O) groups is 1. The van der Waals surface area contributed by atoms with E-state index in [1.807, 2.05) is 42.5 Å². The number of rotatable bonds is 9. The predicted molar refractivity (Wildman–Crippen MR) is 90.5 cm³/mol. The summed E-state index contributed by atoms with van der Waals surface area (Å²) in [6.45, 7) is 1.71. The maximum Gasteiger partial charge on any atom is 0.404 e. The Balaban J connectivity index is 1.65. The van der Waals surface area contributed by atoms with Gasteiger partial charge in [-0.25, -0.2) is 4.79 Å². The van der Waals surface area contributed by atoms with Crippen molar-refractivity contribution < 1.29 is 14.3 Å². The molecule has 0 fully saturated rings. The van der Waals surface area contributed by atoms with Gasteiger partial charge in [0.15, 0.2) is 0 Å². The molecule has 0 saturated heterocycles. The Morgan fingerprint density at radius 3 is 2.35 bits per heavy atom. The Labute approximate surface area is 136 Å². The molecule has 0 bridgehead atoms. The third kappa shape index (κ3) is 6.74. The molecule has 2 aromatic carbocycles. The second-order valence-electron chi connectivity index (χ2n) is 5.09. The number of hydrogen-bond donors (Lipinski definition) is 2. The SMILES string of the molecule is NC(=O)OCCCCOc1ccc(NCc2ccccc2)cc1. The molecule has 5 nitrogen and oxygen atoms in total. The molecule has 0 heterocycles. The number of unbranched alkanes of at least 4 members (excludes halogenated alkanes) is 1. The number of ether oxygens (including phenoxy) is 2. The second-order valence-corrected chi connectivity index (χ2v) is 5.09. The molecule has 2 aromatic rings. The van der Waals surface area contributed by atoms with E-state index >= 15 is 0 Å². The Kier molecular flexibility index (Phi) is 6.78. The van der Waals surface area contributed by atoms with Gasteiger partial charge in [-0.3, -0.25) is 0 Å². The quantitative estimate of drug-likeness (QED) is 0.694. The first-order chi connectivity index (χ1) is 11.2. The highest BCUT2D eigenvalue weighted by atomic mass is 16.5. The predicted octanol–water partition coefficient (Wildman–Crippen LogP) is 3.55. The van der Waals surface area contributed by atoms with Gasteiger partial charge in [0, 0.05) is 12.2 Å². The van der Waals surface area contributed by atoms with E-state index < -0.39 is 6.09 Å². The van der Waals surface area contributed by atoms with Crippen molar-refractivity contribution in [3.05, 3.63) is 60.2 Å². The molecular formula is C18H22N2O3. The Morgan fingerprint density at radius 2 is 1.65 bits per heavy atom. The van der Waals surface area contributed by atoms with Gasteiger partial charge in [0.2, 0.25) is 0 Å². The fourth-order valence-corrected chi connectivity index (χ4v) is 2.04. The summed E-state index contributed by atoms with van der Waals surface area (Å²) in [6, 6.07) is 18.1. The molecule has 23 heavy (non-hydrogen) atoms. The van der Waals surface area contributed by atoms with Gasteiger partial charge >= 0.3 is 6.09 Å². The van der Waals surface area contributed by atoms with Gasteiger partial charge in [-0.15, -0.1) is 0 Å². The zero-order chi connectivity index (χ0) is 16.3. The molecule has 0 radical (unpaired) electrons. The topological polar surface area (TPSA) is 73.6 Å². The number of primary amides is 1. The minimum atomic E-state index is -0.732. The highest BCUT2D eigenvalue weighted by Gasteiger charge is 1.98. The Morgan fingerprint density at radius 1 is 0.957 bits per heavy atom. The summed E-state index contributed by atoms with van der Waals surface area (Å²) >= 11 is 0. The summed E-state index contributed by atoms with van der Waals surface area (Å²) in [7, 11) is 0. The minimum absolute atomic E-state index is 0.334. The van der Waals surface area contributed by atoms with Crippen molar-refractivity contribution in [3.63, 3.8) is 0 Å². The van der Waals surface area contributed by atoms with Crippen molar-refractivity contribution in [2.45, 2.75) is 19.4 Å². The van der Waals surface area contributed by atoms with Crippen LogP contribution in [0.1, 0.15) is 18.4 Å². The van der Waals surface area contributed by atoms with Gasteiger partial charge in [-0.2, -0.15) is 0 Å². The monoisotopic (exact) mass is 314 g/mol. The lowest BCUT2D eigenvalue weighted by Gasteiger charge is -2.09. The number of nitrogens with two attached hydrogens (primary N) is 1. The van der Waals surface area contributed by atoms with Crippen LogP contribution in [0, 0.1) is 0 Å². The van der Waals surface area contributed by atoms with Crippen LogP contribution >= 0.6 is 0 Å². The van der Waals surface area contributed by atoms with Gasteiger partial charge in [0.25, 0.3) is 0 Å². The first kappa shape index (κ1) is 16.7.